The van der Waals surface area contributed by atoms with Crippen LogP contribution in [0.3, 0.4) is 0 Å². The van der Waals surface area contributed by atoms with Crippen LogP contribution in [0.5, 0.6) is 0 Å². The Bertz CT molecular complexity index is 494. The lowest BCUT2D eigenvalue weighted by atomic mass is 10.00. The smallest absolute Gasteiger partial charge is 0.0359 e. The second kappa shape index (κ2) is 6.45. The standard InChI is InChI=1S/C14H14Br2N2/c1-17-14(6-10-2-4-18-5-3-10)11-7-12(15)9-13(16)8-11/h2-5,7-9,14,17H,6H2,1H3. The van der Waals surface area contributed by atoms with Crippen molar-refractivity contribution in [2.45, 2.75) is 12.5 Å². The van der Waals surface area contributed by atoms with Crippen LogP contribution in [-0.2, 0) is 6.42 Å². The summed E-state index contributed by atoms with van der Waals surface area (Å²) in [6.45, 7) is 0. The molecule has 1 atom stereocenters. The van der Waals surface area contributed by atoms with E-state index in [0.29, 0.717) is 6.04 Å². The van der Waals surface area contributed by atoms with E-state index in [-0.39, 0.29) is 0 Å². The first-order valence-electron chi connectivity index (χ1n) is 5.71. The highest BCUT2D eigenvalue weighted by Crippen LogP contribution is 2.26. The van der Waals surface area contributed by atoms with E-state index < -0.39 is 0 Å². The number of nitrogens with one attached hydrogen (secondary N) is 1. The molecule has 1 aromatic carbocycles. The molecule has 0 radical (unpaired) electrons. The number of benzene rings is 1. The number of nitrogens with zero attached hydrogens (tertiary/aromatic N) is 1. The maximum Gasteiger partial charge on any atom is 0.0359 e. The molecular weight excluding hydrogens is 356 g/mol. The molecule has 4 heteroatoms. The first kappa shape index (κ1) is 13.7. The Labute approximate surface area is 124 Å². The maximum atomic E-state index is 4.04. The van der Waals surface area contributed by atoms with Gasteiger partial charge in [0.25, 0.3) is 0 Å². The number of aromatic nitrogens is 1. The summed E-state index contributed by atoms with van der Waals surface area (Å²) in [5, 5.41) is 3.36. The Morgan fingerprint density at radius 2 is 1.72 bits per heavy atom. The molecule has 0 saturated carbocycles. The molecule has 0 aliphatic carbocycles. The lowest BCUT2D eigenvalue weighted by Gasteiger charge is -2.17. The van der Waals surface area contributed by atoms with E-state index in [2.05, 4.69) is 66.4 Å². The minimum atomic E-state index is 0.293. The van der Waals surface area contributed by atoms with E-state index in [9.17, 15) is 0 Å². The highest BCUT2D eigenvalue weighted by atomic mass is 79.9. The lowest BCUT2D eigenvalue weighted by molar-refractivity contribution is 0.591. The van der Waals surface area contributed by atoms with Crippen LogP contribution in [0.25, 0.3) is 0 Å². The monoisotopic (exact) mass is 368 g/mol. The van der Waals surface area contributed by atoms with Gasteiger partial charge in [-0.25, -0.2) is 0 Å². The molecular formula is C14H14Br2N2. The molecule has 0 saturated heterocycles. The molecule has 0 aliphatic heterocycles. The van der Waals surface area contributed by atoms with Gasteiger partial charge in [0, 0.05) is 27.4 Å². The van der Waals surface area contributed by atoms with Gasteiger partial charge in [-0.3, -0.25) is 4.98 Å². The summed E-state index contributed by atoms with van der Waals surface area (Å²) < 4.78 is 2.17. The summed E-state index contributed by atoms with van der Waals surface area (Å²) in [4.78, 5) is 4.04. The van der Waals surface area contributed by atoms with Crippen LogP contribution < -0.4 is 5.32 Å². The molecule has 0 spiro atoms. The van der Waals surface area contributed by atoms with Gasteiger partial charge in [0.1, 0.15) is 0 Å². The third-order valence-electron chi connectivity index (χ3n) is 2.82. The summed E-state index contributed by atoms with van der Waals surface area (Å²) >= 11 is 7.06. The van der Waals surface area contributed by atoms with Crippen molar-refractivity contribution in [2.24, 2.45) is 0 Å². The van der Waals surface area contributed by atoms with Crippen LogP contribution in [0.1, 0.15) is 17.2 Å². The Kier molecular flexibility index (Phi) is 4.92. The van der Waals surface area contributed by atoms with E-state index in [1.807, 2.05) is 25.5 Å². The number of rotatable bonds is 4. The van der Waals surface area contributed by atoms with Crippen LogP contribution in [0, 0.1) is 0 Å². The van der Waals surface area contributed by atoms with E-state index in [1.165, 1.54) is 11.1 Å². The Morgan fingerprint density at radius 1 is 1.11 bits per heavy atom. The van der Waals surface area contributed by atoms with Crippen LogP contribution in [0.4, 0.5) is 0 Å². The summed E-state index contributed by atoms with van der Waals surface area (Å²) in [5.74, 6) is 0. The predicted molar refractivity (Wildman–Crippen MR) is 81.6 cm³/mol. The minimum absolute atomic E-state index is 0.293. The van der Waals surface area contributed by atoms with Gasteiger partial charge in [-0.15, -0.1) is 0 Å². The Balaban J connectivity index is 2.23. The van der Waals surface area contributed by atoms with Gasteiger partial charge in [0.15, 0.2) is 0 Å². The zero-order valence-electron chi connectivity index (χ0n) is 10.0. The zero-order chi connectivity index (χ0) is 13.0. The number of hydrogen-bond donors (Lipinski definition) is 1. The molecule has 0 amide bonds. The highest BCUT2D eigenvalue weighted by Gasteiger charge is 2.11. The van der Waals surface area contributed by atoms with Crippen molar-refractivity contribution in [3.8, 4) is 0 Å². The molecule has 2 aromatic rings. The second-order valence-corrected chi connectivity index (χ2v) is 5.93. The third-order valence-corrected chi connectivity index (χ3v) is 3.74. The number of halogens is 2. The molecule has 0 bridgehead atoms. The normalized spacial score (nSPS) is 12.4. The fourth-order valence-corrected chi connectivity index (χ4v) is 3.25. The molecule has 1 heterocycles. The molecule has 18 heavy (non-hydrogen) atoms. The molecule has 1 aromatic heterocycles. The summed E-state index contributed by atoms with van der Waals surface area (Å²) in [6, 6.07) is 10.7. The number of pyridine rings is 1. The van der Waals surface area contributed by atoms with Crippen molar-refractivity contribution in [3.05, 3.63) is 62.8 Å². The largest absolute Gasteiger partial charge is 0.313 e. The minimum Gasteiger partial charge on any atom is -0.313 e. The average molecular weight is 370 g/mol. The zero-order valence-corrected chi connectivity index (χ0v) is 13.2. The van der Waals surface area contributed by atoms with Gasteiger partial charge >= 0.3 is 0 Å². The van der Waals surface area contributed by atoms with Crippen molar-refractivity contribution in [1.82, 2.24) is 10.3 Å². The van der Waals surface area contributed by atoms with E-state index in [0.717, 1.165) is 15.4 Å². The lowest BCUT2D eigenvalue weighted by Crippen LogP contribution is -2.18. The van der Waals surface area contributed by atoms with Crippen molar-refractivity contribution in [2.75, 3.05) is 7.05 Å². The quantitative estimate of drug-likeness (QED) is 0.877. The van der Waals surface area contributed by atoms with Crippen molar-refractivity contribution < 1.29 is 0 Å². The van der Waals surface area contributed by atoms with E-state index in [1.54, 1.807) is 0 Å². The topological polar surface area (TPSA) is 24.9 Å². The first-order chi connectivity index (χ1) is 8.69. The number of likely N-dealkylation sites (N-methyl/N-ethyl adjacent to an activating group) is 1. The Morgan fingerprint density at radius 3 is 2.28 bits per heavy atom. The average Bonchev–Trinajstić information content (AvgIpc) is 2.36. The number of hydrogen-bond acceptors (Lipinski definition) is 2. The van der Waals surface area contributed by atoms with E-state index >= 15 is 0 Å². The van der Waals surface area contributed by atoms with Crippen molar-refractivity contribution in [3.63, 3.8) is 0 Å². The molecule has 1 N–H and O–H groups in total. The molecule has 1 unspecified atom stereocenters. The molecule has 94 valence electrons. The van der Waals surface area contributed by atoms with Gasteiger partial charge < -0.3 is 5.32 Å². The first-order valence-corrected chi connectivity index (χ1v) is 7.30. The van der Waals surface area contributed by atoms with Gasteiger partial charge in [-0.1, -0.05) is 31.9 Å². The highest BCUT2D eigenvalue weighted by molar-refractivity contribution is 9.11. The van der Waals surface area contributed by atoms with Crippen LogP contribution >= 0.6 is 31.9 Å². The third kappa shape index (κ3) is 3.64. The van der Waals surface area contributed by atoms with E-state index in [4.69, 9.17) is 0 Å². The Hall–Kier alpha value is -0.710. The molecule has 0 fully saturated rings. The predicted octanol–water partition coefficient (Wildman–Crippen LogP) is 4.11. The van der Waals surface area contributed by atoms with Crippen LogP contribution in [-0.4, -0.2) is 12.0 Å². The van der Waals surface area contributed by atoms with Crippen LogP contribution in [0.15, 0.2) is 51.7 Å². The van der Waals surface area contributed by atoms with Gasteiger partial charge in [0.2, 0.25) is 0 Å². The summed E-state index contributed by atoms with van der Waals surface area (Å²) in [7, 11) is 1.99. The van der Waals surface area contributed by atoms with Gasteiger partial charge in [-0.2, -0.15) is 0 Å². The molecule has 2 nitrogen and oxygen atoms in total. The van der Waals surface area contributed by atoms with Crippen molar-refractivity contribution in [1.29, 1.82) is 0 Å². The van der Waals surface area contributed by atoms with Gasteiger partial charge in [0.05, 0.1) is 0 Å². The summed E-state index contributed by atoms with van der Waals surface area (Å²) in [5.41, 5.74) is 2.54. The molecule has 2 rings (SSSR count). The molecule has 0 aliphatic rings. The second-order valence-electron chi connectivity index (χ2n) is 4.10. The fraction of sp³-hybridized carbons (Fsp3) is 0.214. The fourth-order valence-electron chi connectivity index (χ4n) is 1.92. The maximum absolute atomic E-state index is 4.04. The van der Waals surface area contributed by atoms with Gasteiger partial charge in [-0.05, 0) is 54.9 Å². The van der Waals surface area contributed by atoms with Crippen LogP contribution in [0.2, 0.25) is 0 Å². The summed E-state index contributed by atoms with van der Waals surface area (Å²) in [6.07, 6.45) is 4.61. The SMILES string of the molecule is CNC(Cc1ccncc1)c1cc(Br)cc(Br)c1. The van der Waals surface area contributed by atoms with Crippen molar-refractivity contribution >= 4 is 31.9 Å².